The van der Waals surface area contributed by atoms with Crippen LogP contribution >= 0.6 is 0 Å². The first-order valence-electron chi connectivity index (χ1n) is 6.08. The Hall–Kier alpha value is -0.920. The van der Waals surface area contributed by atoms with Crippen molar-refractivity contribution in [1.29, 1.82) is 0 Å². The van der Waals surface area contributed by atoms with Gasteiger partial charge in [0.15, 0.2) is 5.76 Å². The monoisotopic (exact) mass is 273 g/mol. The molecule has 0 bridgehead atoms. The summed E-state index contributed by atoms with van der Waals surface area (Å²) in [4.78, 5) is 0. The maximum atomic E-state index is 12.2. The molecule has 1 saturated heterocycles. The summed E-state index contributed by atoms with van der Waals surface area (Å²) in [5.41, 5.74) is 0.701. The van der Waals surface area contributed by atoms with Gasteiger partial charge in [0.1, 0.15) is 5.75 Å². The van der Waals surface area contributed by atoms with Crippen molar-refractivity contribution in [2.75, 3.05) is 20.1 Å². The van der Waals surface area contributed by atoms with E-state index in [0.29, 0.717) is 24.5 Å². The molecule has 7 heteroatoms. The van der Waals surface area contributed by atoms with Gasteiger partial charge in [-0.3, -0.25) is 0 Å². The largest absolute Gasteiger partial charge is 0.360 e. The molecule has 6 nitrogen and oxygen atoms in total. The molecule has 1 aromatic rings. The van der Waals surface area contributed by atoms with Crippen LogP contribution < -0.4 is 5.32 Å². The molecule has 0 spiro atoms. The lowest BCUT2D eigenvalue weighted by Gasteiger charge is -2.31. The van der Waals surface area contributed by atoms with Crippen molar-refractivity contribution in [3.05, 3.63) is 17.5 Å². The normalized spacial score (nSPS) is 22.2. The molecule has 0 amide bonds. The number of piperidine rings is 1. The maximum absolute atomic E-state index is 12.2. The second kappa shape index (κ2) is 5.38. The third-order valence-electron chi connectivity index (χ3n) is 3.19. The SMILES string of the molecule is CNC1CCCN(S(=O)(=O)Cc2cc(C)no2)C1. The molecule has 1 fully saturated rings. The zero-order valence-corrected chi connectivity index (χ0v) is 11.5. The standard InChI is InChI=1S/C11H19N3O3S/c1-9-6-11(17-13-9)8-18(15,16)14-5-3-4-10(7-14)12-2/h6,10,12H,3-5,7-8H2,1-2H3. The van der Waals surface area contributed by atoms with Gasteiger partial charge in [0.05, 0.1) is 5.69 Å². The van der Waals surface area contributed by atoms with Gasteiger partial charge in [-0.05, 0) is 26.8 Å². The van der Waals surface area contributed by atoms with Crippen molar-refractivity contribution >= 4 is 10.0 Å². The highest BCUT2D eigenvalue weighted by Crippen LogP contribution is 2.17. The highest BCUT2D eigenvalue weighted by Gasteiger charge is 2.29. The molecule has 102 valence electrons. The van der Waals surface area contributed by atoms with Crippen LogP contribution in [0.5, 0.6) is 0 Å². The molecule has 1 atom stereocenters. The lowest BCUT2D eigenvalue weighted by molar-refractivity contribution is 0.290. The number of rotatable bonds is 4. The second-order valence-electron chi connectivity index (χ2n) is 4.68. The van der Waals surface area contributed by atoms with Gasteiger partial charge in [0.2, 0.25) is 10.0 Å². The Morgan fingerprint density at radius 3 is 3.00 bits per heavy atom. The zero-order chi connectivity index (χ0) is 13.2. The number of aromatic nitrogens is 1. The topological polar surface area (TPSA) is 75.4 Å². The van der Waals surface area contributed by atoms with Gasteiger partial charge in [-0.1, -0.05) is 5.16 Å². The van der Waals surface area contributed by atoms with E-state index in [9.17, 15) is 8.42 Å². The average molecular weight is 273 g/mol. The van der Waals surface area contributed by atoms with Crippen molar-refractivity contribution in [1.82, 2.24) is 14.8 Å². The van der Waals surface area contributed by atoms with Crippen molar-refractivity contribution in [3.8, 4) is 0 Å². The summed E-state index contributed by atoms with van der Waals surface area (Å²) in [5, 5.41) is 6.84. The van der Waals surface area contributed by atoms with Crippen molar-refractivity contribution < 1.29 is 12.9 Å². The third kappa shape index (κ3) is 3.09. The van der Waals surface area contributed by atoms with E-state index in [1.54, 1.807) is 13.0 Å². The van der Waals surface area contributed by atoms with Gasteiger partial charge in [0, 0.05) is 25.2 Å². The number of hydrogen-bond acceptors (Lipinski definition) is 5. The molecule has 1 aromatic heterocycles. The molecule has 0 saturated carbocycles. The number of nitrogens with zero attached hydrogens (tertiary/aromatic N) is 2. The second-order valence-corrected chi connectivity index (χ2v) is 6.65. The van der Waals surface area contributed by atoms with Crippen LogP contribution in [0.15, 0.2) is 10.6 Å². The van der Waals surface area contributed by atoms with E-state index < -0.39 is 10.0 Å². The predicted molar refractivity (Wildman–Crippen MR) is 67.5 cm³/mol. The molecule has 1 unspecified atom stereocenters. The molecule has 1 aliphatic heterocycles. The van der Waals surface area contributed by atoms with Gasteiger partial charge in [-0.15, -0.1) is 0 Å². The third-order valence-corrected chi connectivity index (χ3v) is 4.95. The Morgan fingerprint density at radius 2 is 2.39 bits per heavy atom. The summed E-state index contributed by atoms with van der Waals surface area (Å²) in [5.74, 6) is 0.295. The Morgan fingerprint density at radius 1 is 1.61 bits per heavy atom. The fourth-order valence-corrected chi connectivity index (χ4v) is 3.68. The van der Waals surface area contributed by atoms with E-state index in [-0.39, 0.29) is 11.8 Å². The van der Waals surface area contributed by atoms with Gasteiger partial charge in [-0.25, -0.2) is 8.42 Å². The minimum Gasteiger partial charge on any atom is -0.360 e. The van der Waals surface area contributed by atoms with Crippen LogP contribution in [0, 0.1) is 6.92 Å². The first-order chi connectivity index (χ1) is 8.51. The fourth-order valence-electron chi connectivity index (χ4n) is 2.19. The molecule has 0 aromatic carbocycles. The van der Waals surface area contributed by atoms with Crippen LogP contribution in [-0.2, 0) is 15.8 Å². The van der Waals surface area contributed by atoms with Crippen LogP contribution in [0.25, 0.3) is 0 Å². The van der Waals surface area contributed by atoms with Gasteiger partial charge in [0.25, 0.3) is 0 Å². The lowest BCUT2D eigenvalue weighted by Crippen LogP contribution is -2.47. The van der Waals surface area contributed by atoms with Crippen LogP contribution in [0.1, 0.15) is 24.3 Å². The van der Waals surface area contributed by atoms with Crippen molar-refractivity contribution in [2.45, 2.75) is 31.6 Å². The highest BCUT2D eigenvalue weighted by atomic mass is 32.2. The average Bonchev–Trinajstić information content (AvgIpc) is 2.74. The van der Waals surface area contributed by atoms with Crippen LogP contribution in [0.4, 0.5) is 0 Å². The van der Waals surface area contributed by atoms with Crippen molar-refractivity contribution in [2.24, 2.45) is 0 Å². The number of sulfonamides is 1. The van der Waals surface area contributed by atoms with E-state index in [0.717, 1.165) is 12.8 Å². The van der Waals surface area contributed by atoms with Crippen LogP contribution in [0.3, 0.4) is 0 Å². The van der Waals surface area contributed by atoms with Gasteiger partial charge < -0.3 is 9.84 Å². The molecule has 1 aliphatic rings. The summed E-state index contributed by atoms with van der Waals surface area (Å²) in [6, 6.07) is 1.90. The smallest absolute Gasteiger partial charge is 0.221 e. The summed E-state index contributed by atoms with van der Waals surface area (Å²) in [7, 11) is -1.44. The molecule has 0 aliphatic carbocycles. The van der Waals surface area contributed by atoms with E-state index in [1.165, 1.54) is 4.31 Å². The lowest BCUT2D eigenvalue weighted by atomic mass is 10.1. The summed E-state index contributed by atoms with van der Waals surface area (Å²) >= 11 is 0. The predicted octanol–water partition coefficient (Wildman–Crippen LogP) is 0.497. The van der Waals surface area contributed by atoms with E-state index in [4.69, 9.17) is 4.52 Å². The Bertz CT molecular complexity index is 497. The maximum Gasteiger partial charge on any atom is 0.221 e. The fraction of sp³-hybridized carbons (Fsp3) is 0.727. The Labute approximate surface area is 107 Å². The zero-order valence-electron chi connectivity index (χ0n) is 10.7. The van der Waals surface area contributed by atoms with Crippen LogP contribution in [-0.4, -0.2) is 44.1 Å². The first-order valence-corrected chi connectivity index (χ1v) is 7.69. The minimum atomic E-state index is -3.31. The van der Waals surface area contributed by atoms with E-state index >= 15 is 0 Å². The van der Waals surface area contributed by atoms with E-state index in [2.05, 4.69) is 10.5 Å². The highest BCUT2D eigenvalue weighted by molar-refractivity contribution is 7.88. The molecule has 2 heterocycles. The summed E-state index contributed by atoms with van der Waals surface area (Å²) in [6.45, 7) is 2.90. The molecule has 2 rings (SSSR count). The van der Waals surface area contributed by atoms with Gasteiger partial charge in [-0.2, -0.15) is 4.31 Å². The molecular weight excluding hydrogens is 254 g/mol. The van der Waals surface area contributed by atoms with Crippen LogP contribution in [0.2, 0.25) is 0 Å². The molecule has 18 heavy (non-hydrogen) atoms. The first kappa shape index (κ1) is 13.5. The van der Waals surface area contributed by atoms with Crippen molar-refractivity contribution in [3.63, 3.8) is 0 Å². The number of hydrogen-bond donors (Lipinski definition) is 1. The Kier molecular flexibility index (Phi) is 4.04. The summed E-state index contributed by atoms with van der Waals surface area (Å²) in [6.07, 6.45) is 1.91. The van der Waals surface area contributed by atoms with E-state index in [1.807, 2.05) is 7.05 Å². The minimum absolute atomic E-state index is 0.107. The number of nitrogens with one attached hydrogen (secondary N) is 1. The molecular formula is C11H19N3O3S. The van der Waals surface area contributed by atoms with Gasteiger partial charge >= 0.3 is 0 Å². The quantitative estimate of drug-likeness (QED) is 0.864. The number of likely N-dealkylation sites (N-methyl/N-ethyl adjacent to an activating group) is 1. The molecule has 1 N–H and O–H groups in total. The number of aryl methyl sites for hydroxylation is 1. The Balaban J connectivity index is 2.06. The summed E-state index contributed by atoms with van der Waals surface area (Å²) < 4.78 is 31.0. The molecule has 0 radical (unpaired) electrons.